The van der Waals surface area contributed by atoms with Crippen LogP contribution in [0.15, 0.2) is 36.7 Å². The van der Waals surface area contributed by atoms with Gasteiger partial charge in [0, 0.05) is 23.6 Å². The second kappa shape index (κ2) is 5.53. The van der Waals surface area contributed by atoms with Gasteiger partial charge in [-0.15, -0.1) is 11.3 Å². The Morgan fingerprint density at radius 1 is 1.43 bits per heavy atom. The number of carbonyl (C=O) groups excluding carboxylic acids is 1. The van der Waals surface area contributed by atoms with E-state index in [0.717, 1.165) is 0 Å². The zero-order valence-electron chi connectivity index (χ0n) is 11.0. The van der Waals surface area contributed by atoms with Crippen LogP contribution in [0.1, 0.15) is 9.67 Å². The van der Waals surface area contributed by atoms with E-state index in [4.69, 9.17) is 5.73 Å². The number of hydrogen-bond acceptors (Lipinski definition) is 4. The first kappa shape index (κ1) is 13.6. The number of carbonyl (C=O) groups is 1. The summed E-state index contributed by atoms with van der Waals surface area (Å²) in [5, 5.41) is 7.13. The predicted molar refractivity (Wildman–Crippen MR) is 80.8 cm³/mol. The number of fused-ring (bicyclic) bond motifs is 1. The Hall–Kier alpha value is -2.41. The summed E-state index contributed by atoms with van der Waals surface area (Å²) in [6.45, 7) is 0.995. The van der Waals surface area contributed by atoms with Gasteiger partial charge in [0.2, 0.25) is 0 Å². The number of amides is 1. The van der Waals surface area contributed by atoms with Crippen molar-refractivity contribution in [1.29, 1.82) is 0 Å². The molecule has 0 unspecified atom stereocenters. The number of thiophene rings is 1. The number of aromatic nitrogens is 2. The number of nitrogen functional groups attached to an aromatic ring is 1. The summed E-state index contributed by atoms with van der Waals surface area (Å²) < 4.78 is 16.1. The summed E-state index contributed by atoms with van der Waals surface area (Å²) in [7, 11) is 0. The van der Waals surface area contributed by atoms with Gasteiger partial charge in [-0.2, -0.15) is 5.10 Å². The molecule has 0 aliphatic carbocycles. The molecule has 0 saturated carbocycles. The quantitative estimate of drug-likeness (QED) is 0.776. The van der Waals surface area contributed by atoms with Crippen molar-refractivity contribution in [2.75, 3.05) is 12.3 Å². The van der Waals surface area contributed by atoms with Crippen molar-refractivity contribution < 1.29 is 9.18 Å². The van der Waals surface area contributed by atoms with Crippen molar-refractivity contribution in [3.05, 3.63) is 47.4 Å². The fraction of sp³-hybridized carbons (Fsp3) is 0.143. The topological polar surface area (TPSA) is 72.9 Å². The van der Waals surface area contributed by atoms with Gasteiger partial charge >= 0.3 is 0 Å². The van der Waals surface area contributed by atoms with Crippen LogP contribution >= 0.6 is 11.3 Å². The zero-order valence-corrected chi connectivity index (χ0v) is 11.9. The van der Waals surface area contributed by atoms with Crippen LogP contribution < -0.4 is 11.1 Å². The Kier molecular flexibility index (Phi) is 3.57. The minimum absolute atomic E-state index is 0.199. The standard InChI is InChI=1S/C14H13FN4OS/c15-9-3-1-4-10-11(9)12(16)13(21-10)14(20)17-6-8-19-7-2-5-18-19/h1-5,7H,6,8,16H2,(H,17,20). The van der Waals surface area contributed by atoms with Gasteiger partial charge in [-0.25, -0.2) is 4.39 Å². The van der Waals surface area contributed by atoms with E-state index in [1.54, 1.807) is 23.0 Å². The van der Waals surface area contributed by atoms with E-state index in [0.29, 0.717) is 28.1 Å². The third-order valence-electron chi connectivity index (χ3n) is 3.09. The molecule has 2 aromatic heterocycles. The smallest absolute Gasteiger partial charge is 0.263 e. The molecule has 21 heavy (non-hydrogen) atoms. The van der Waals surface area contributed by atoms with Crippen LogP contribution in [0.3, 0.4) is 0 Å². The second-order valence-corrected chi connectivity index (χ2v) is 5.54. The van der Waals surface area contributed by atoms with Gasteiger partial charge in [-0.1, -0.05) is 6.07 Å². The Morgan fingerprint density at radius 2 is 2.29 bits per heavy atom. The molecule has 108 valence electrons. The van der Waals surface area contributed by atoms with E-state index in [9.17, 15) is 9.18 Å². The maximum absolute atomic E-state index is 13.7. The third-order valence-corrected chi connectivity index (χ3v) is 4.26. The molecule has 0 fully saturated rings. The molecule has 0 aliphatic rings. The van der Waals surface area contributed by atoms with Crippen LogP contribution in [0.5, 0.6) is 0 Å². The van der Waals surface area contributed by atoms with Crippen LogP contribution in [0, 0.1) is 5.82 Å². The fourth-order valence-electron chi connectivity index (χ4n) is 2.09. The molecular weight excluding hydrogens is 291 g/mol. The number of nitrogens with two attached hydrogens (primary N) is 1. The maximum atomic E-state index is 13.7. The fourth-order valence-corrected chi connectivity index (χ4v) is 3.15. The van der Waals surface area contributed by atoms with E-state index in [-0.39, 0.29) is 11.6 Å². The van der Waals surface area contributed by atoms with Gasteiger partial charge in [-0.05, 0) is 18.2 Å². The Bertz CT molecular complexity index is 782. The molecule has 0 aliphatic heterocycles. The highest BCUT2D eigenvalue weighted by molar-refractivity contribution is 7.21. The van der Waals surface area contributed by atoms with Crippen molar-refractivity contribution >= 4 is 33.0 Å². The molecular formula is C14H13FN4OS. The normalized spacial score (nSPS) is 10.9. The summed E-state index contributed by atoms with van der Waals surface area (Å²) in [5.41, 5.74) is 6.10. The number of nitrogens with zero attached hydrogens (tertiary/aromatic N) is 2. The summed E-state index contributed by atoms with van der Waals surface area (Å²) in [4.78, 5) is 12.5. The lowest BCUT2D eigenvalue weighted by Gasteiger charge is -2.04. The van der Waals surface area contributed by atoms with Crippen molar-refractivity contribution in [1.82, 2.24) is 15.1 Å². The first-order valence-corrected chi connectivity index (χ1v) is 7.20. The third kappa shape index (κ3) is 2.59. The number of hydrogen-bond donors (Lipinski definition) is 2. The van der Waals surface area contributed by atoms with Crippen LogP contribution in [0.25, 0.3) is 10.1 Å². The van der Waals surface area contributed by atoms with E-state index in [2.05, 4.69) is 10.4 Å². The minimum atomic E-state index is -0.406. The first-order chi connectivity index (χ1) is 10.2. The molecule has 3 N–H and O–H groups in total. The van der Waals surface area contributed by atoms with Crippen molar-refractivity contribution in [2.24, 2.45) is 0 Å². The minimum Gasteiger partial charge on any atom is -0.397 e. The van der Waals surface area contributed by atoms with Gasteiger partial charge in [0.15, 0.2) is 0 Å². The monoisotopic (exact) mass is 304 g/mol. The molecule has 1 aromatic carbocycles. The molecule has 5 nitrogen and oxygen atoms in total. The predicted octanol–water partition coefficient (Wildman–Crippen LogP) is 2.25. The average molecular weight is 304 g/mol. The van der Waals surface area contributed by atoms with Gasteiger partial charge in [0.25, 0.3) is 5.91 Å². The summed E-state index contributed by atoms with van der Waals surface area (Å²) in [5.74, 6) is -0.697. The second-order valence-electron chi connectivity index (χ2n) is 4.48. The van der Waals surface area contributed by atoms with Crippen molar-refractivity contribution in [3.63, 3.8) is 0 Å². The van der Waals surface area contributed by atoms with Gasteiger partial charge in [-0.3, -0.25) is 9.48 Å². The number of rotatable bonds is 4. The highest BCUT2D eigenvalue weighted by atomic mass is 32.1. The zero-order chi connectivity index (χ0) is 14.8. The SMILES string of the molecule is Nc1c(C(=O)NCCn2cccn2)sc2cccc(F)c12. The van der Waals surface area contributed by atoms with E-state index >= 15 is 0 Å². The number of benzene rings is 1. The highest BCUT2D eigenvalue weighted by Crippen LogP contribution is 2.35. The van der Waals surface area contributed by atoms with Crippen LogP contribution in [-0.2, 0) is 6.54 Å². The number of anilines is 1. The molecule has 2 heterocycles. The molecule has 3 rings (SSSR count). The lowest BCUT2D eigenvalue weighted by atomic mass is 10.2. The Morgan fingerprint density at radius 3 is 3.00 bits per heavy atom. The Balaban J connectivity index is 1.75. The van der Waals surface area contributed by atoms with Gasteiger partial charge < -0.3 is 11.1 Å². The molecule has 0 spiro atoms. The van der Waals surface area contributed by atoms with Gasteiger partial charge in [0.1, 0.15) is 10.7 Å². The molecule has 1 amide bonds. The van der Waals surface area contributed by atoms with Crippen LogP contribution in [-0.4, -0.2) is 22.2 Å². The van der Waals surface area contributed by atoms with Crippen molar-refractivity contribution in [2.45, 2.75) is 6.54 Å². The number of nitrogens with one attached hydrogen (secondary N) is 1. The number of halogens is 1. The van der Waals surface area contributed by atoms with E-state index in [1.165, 1.54) is 17.4 Å². The molecule has 3 aromatic rings. The summed E-state index contributed by atoms with van der Waals surface area (Å²) >= 11 is 1.19. The Labute approximate surface area is 124 Å². The van der Waals surface area contributed by atoms with Crippen LogP contribution in [0.2, 0.25) is 0 Å². The first-order valence-electron chi connectivity index (χ1n) is 6.39. The summed E-state index contributed by atoms with van der Waals surface area (Å²) in [6.07, 6.45) is 3.49. The summed E-state index contributed by atoms with van der Waals surface area (Å²) in [6, 6.07) is 6.51. The molecule has 7 heteroatoms. The van der Waals surface area contributed by atoms with Gasteiger partial charge in [0.05, 0.1) is 17.6 Å². The van der Waals surface area contributed by atoms with Crippen LogP contribution in [0.4, 0.5) is 10.1 Å². The molecule has 0 bridgehead atoms. The maximum Gasteiger partial charge on any atom is 0.263 e. The van der Waals surface area contributed by atoms with E-state index < -0.39 is 5.82 Å². The molecule has 0 saturated heterocycles. The lowest BCUT2D eigenvalue weighted by Crippen LogP contribution is -2.27. The average Bonchev–Trinajstić information content (AvgIpc) is 3.08. The molecule has 0 atom stereocenters. The highest BCUT2D eigenvalue weighted by Gasteiger charge is 2.18. The van der Waals surface area contributed by atoms with Crippen molar-refractivity contribution in [3.8, 4) is 0 Å². The lowest BCUT2D eigenvalue weighted by molar-refractivity contribution is 0.0957. The largest absolute Gasteiger partial charge is 0.397 e. The molecule has 0 radical (unpaired) electrons. The van der Waals surface area contributed by atoms with E-state index in [1.807, 2.05) is 12.3 Å².